The van der Waals surface area contributed by atoms with Crippen LogP contribution in [0.5, 0.6) is 0 Å². The summed E-state index contributed by atoms with van der Waals surface area (Å²) in [6.07, 6.45) is 0.378. The van der Waals surface area contributed by atoms with E-state index >= 15 is 0 Å². The third-order valence-corrected chi connectivity index (χ3v) is 3.71. The fourth-order valence-corrected chi connectivity index (χ4v) is 2.52. The van der Waals surface area contributed by atoms with Gasteiger partial charge < -0.3 is 10.5 Å². The Hall–Kier alpha value is -0.230. The van der Waals surface area contributed by atoms with E-state index in [0.29, 0.717) is 6.42 Å². The quantitative estimate of drug-likeness (QED) is 0.890. The molecule has 0 aliphatic rings. The summed E-state index contributed by atoms with van der Waals surface area (Å²) in [6, 6.07) is 1.41. The predicted octanol–water partition coefficient (Wildman–Crippen LogP) is 1.60. The van der Waals surface area contributed by atoms with Crippen molar-refractivity contribution in [3.05, 3.63) is 20.8 Å². The third kappa shape index (κ3) is 3.16. The van der Waals surface area contributed by atoms with Crippen LogP contribution in [0.1, 0.15) is 4.88 Å². The molecule has 14 heavy (non-hydrogen) atoms. The molecule has 1 rings (SSSR count). The summed E-state index contributed by atoms with van der Waals surface area (Å²) in [5, 5.41) is 1.94. The maximum Gasteiger partial charge on any atom is 0.157 e. The first kappa shape index (κ1) is 11.8. The number of thiophene rings is 1. The summed E-state index contributed by atoms with van der Waals surface area (Å²) >= 11 is 4.92. The highest BCUT2D eigenvalue weighted by molar-refractivity contribution is 9.10. The molecule has 0 aliphatic carbocycles. The van der Waals surface area contributed by atoms with Gasteiger partial charge in [0.15, 0.2) is 5.78 Å². The van der Waals surface area contributed by atoms with Crippen LogP contribution in [0.2, 0.25) is 0 Å². The molecule has 0 spiro atoms. The van der Waals surface area contributed by atoms with Crippen LogP contribution < -0.4 is 5.73 Å². The number of rotatable bonds is 5. The number of halogens is 1. The number of hydrogen-bond donors (Lipinski definition) is 1. The standard InChI is InChI=1S/C9H12BrNO2S/c1-13-5-7(11)8(12)4-9-6(10)2-3-14-9/h2-3,7H,4-5,11H2,1H3. The van der Waals surface area contributed by atoms with Gasteiger partial charge in [-0.05, 0) is 27.4 Å². The first-order valence-electron chi connectivity index (χ1n) is 4.14. The molecule has 0 aromatic carbocycles. The Morgan fingerprint density at radius 1 is 1.79 bits per heavy atom. The molecular weight excluding hydrogens is 266 g/mol. The number of hydrogen-bond acceptors (Lipinski definition) is 4. The predicted molar refractivity (Wildman–Crippen MR) is 60.6 cm³/mol. The average molecular weight is 278 g/mol. The number of ketones is 1. The van der Waals surface area contributed by atoms with Gasteiger partial charge in [0, 0.05) is 22.9 Å². The number of ether oxygens (including phenoxy) is 1. The normalized spacial score (nSPS) is 12.8. The fraction of sp³-hybridized carbons (Fsp3) is 0.444. The Bertz CT molecular complexity index is 314. The third-order valence-electron chi connectivity index (χ3n) is 1.79. The zero-order valence-corrected chi connectivity index (χ0v) is 10.2. The molecule has 0 amide bonds. The van der Waals surface area contributed by atoms with Gasteiger partial charge in [-0.2, -0.15) is 0 Å². The molecule has 2 N–H and O–H groups in total. The second kappa shape index (κ2) is 5.60. The highest BCUT2D eigenvalue weighted by Crippen LogP contribution is 2.23. The second-order valence-electron chi connectivity index (χ2n) is 2.90. The lowest BCUT2D eigenvalue weighted by Crippen LogP contribution is -2.35. The van der Waals surface area contributed by atoms with Gasteiger partial charge in [-0.15, -0.1) is 11.3 Å². The maximum atomic E-state index is 11.5. The highest BCUT2D eigenvalue weighted by atomic mass is 79.9. The molecule has 0 saturated heterocycles. The van der Waals surface area contributed by atoms with E-state index in [1.54, 1.807) is 11.3 Å². The SMILES string of the molecule is COCC(N)C(=O)Cc1sccc1Br. The largest absolute Gasteiger partial charge is 0.383 e. The van der Waals surface area contributed by atoms with Crippen molar-refractivity contribution in [2.75, 3.05) is 13.7 Å². The monoisotopic (exact) mass is 277 g/mol. The van der Waals surface area contributed by atoms with E-state index in [0.717, 1.165) is 9.35 Å². The smallest absolute Gasteiger partial charge is 0.157 e. The molecule has 78 valence electrons. The van der Waals surface area contributed by atoms with Gasteiger partial charge in [0.05, 0.1) is 12.6 Å². The van der Waals surface area contributed by atoms with Crippen molar-refractivity contribution in [2.45, 2.75) is 12.5 Å². The Labute approximate surface area is 95.4 Å². The molecule has 0 fully saturated rings. The number of carbonyl (C=O) groups excluding carboxylic acids is 1. The van der Waals surface area contributed by atoms with E-state index in [-0.39, 0.29) is 12.4 Å². The number of carbonyl (C=O) groups is 1. The zero-order valence-electron chi connectivity index (χ0n) is 7.83. The van der Waals surface area contributed by atoms with Gasteiger partial charge in [-0.3, -0.25) is 4.79 Å². The van der Waals surface area contributed by atoms with Crippen molar-refractivity contribution in [3.8, 4) is 0 Å². The molecule has 1 aromatic rings. The maximum absolute atomic E-state index is 11.5. The Kier molecular flexibility index (Phi) is 4.74. The van der Waals surface area contributed by atoms with Crippen molar-refractivity contribution in [1.82, 2.24) is 0 Å². The first-order chi connectivity index (χ1) is 6.65. The average Bonchev–Trinajstić information content (AvgIpc) is 2.52. The summed E-state index contributed by atoms with van der Waals surface area (Å²) < 4.78 is 5.79. The first-order valence-corrected chi connectivity index (χ1v) is 5.81. The Morgan fingerprint density at radius 3 is 3.00 bits per heavy atom. The van der Waals surface area contributed by atoms with Crippen molar-refractivity contribution in [1.29, 1.82) is 0 Å². The van der Waals surface area contributed by atoms with Gasteiger partial charge in [0.1, 0.15) is 0 Å². The van der Waals surface area contributed by atoms with E-state index in [1.807, 2.05) is 11.4 Å². The van der Waals surface area contributed by atoms with Crippen LogP contribution >= 0.6 is 27.3 Å². The van der Waals surface area contributed by atoms with Crippen LogP contribution in [0, 0.1) is 0 Å². The molecule has 1 unspecified atom stereocenters. The summed E-state index contributed by atoms with van der Waals surface area (Å²) in [5.41, 5.74) is 5.61. The minimum atomic E-state index is -0.519. The highest BCUT2D eigenvalue weighted by Gasteiger charge is 2.15. The zero-order chi connectivity index (χ0) is 10.6. The molecule has 1 aromatic heterocycles. The van der Waals surface area contributed by atoms with Gasteiger partial charge in [0.25, 0.3) is 0 Å². The van der Waals surface area contributed by atoms with E-state index < -0.39 is 6.04 Å². The van der Waals surface area contributed by atoms with Crippen LogP contribution in [0.3, 0.4) is 0 Å². The summed E-state index contributed by atoms with van der Waals surface area (Å²) in [6.45, 7) is 0.280. The van der Waals surface area contributed by atoms with E-state index in [9.17, 15) is 4.79 Å². The summed E-state index contributed by atoms with van der Waals surface area (Å²) in [4.78, 5) is 12.5. The topological polar surface area (TPSA) is 52.3 Å². The molecule has 3 nitrogen and oxygen atoms in total. The molecule has 0 aliphatic heterocycles. The minimum absolute atomic E-state index is 0.00926. The number of Topliss-reactive ketones (excluding diaryl/α,β-unsaturated/α-hetero) is 1. The van der Waals surface area contributed by atoms with Gasteiger partial charge >= 0.3 is 0 Å². The molecule has 0 saturated carbocycles. The molecular formula is C9H12BrNO2S. The molecule has 0 radical (unpaired) electrons. The summed E-state index contributed by atoms with van der Waals surface area (Å²) in [5.74, 6) is 0.00926. The number of nitrogens with two attached hydrogens (primary N) is 1. The van der Waals surface area contributed by atoms with Crippen LogP contribution in [0.4, 0.5) is 0 Å². The second-order valence-corrected chi connectivity index (χ2v) is 4.75. The molecule has 0 bridgehead atoms. The van der Waals surface area contributed by atoms with Crippen LogP contribution in [0.15, 0.2) is 15.9 Å². The van der Waals surface area contributed by atoms with Crippen molar-refractivity contribution in [2.24, 2.45) is 5.73 Å². The Balaban J connectivity index is 2.53. The van der Waals surface area contributed by atoms with Crippen LogP contribution in [-0.4, -0.2) is 25.5 Å². The lowest BCUT2D eigenvalue weighted by atomic mass is 10.1. The van der Waals surface area contributed by atoms with Gasteiger partial charge in [-0.25, -0.2) is 0 Å². The molecule has 1 heterocycles. The van der Waals surface area contributed by atoms with E-state index in [2.05, 4.69) is 15.9 Å². The van der Waals surface area contributed by atoms with Crippen LogP contribution in [0.25, 0.3) is 0 Å². The summed E-state index contributed by atoms with van der Waals surface area (Å²) in [7, 11) is 1.54. The Morgan fingerprint density at radius 2 is 2.50 bits per heavy atom. The van der Waals surface area contributed by atoms with Crippen molar-refractivity contribution >= 4 is 33.0 Å². The lowest BCUT2D eigenvalue weighted by Gasteiger charge is -2.08. The lowest BCUT2D eigenvalue weighted by molar-refractivity contribution is -0.120. The fourth-order valence-electron chi connectivity index (χ4n) is 1.01. The van der Waals surface area contributed by atoms with E-state index in [4.69, 9.17) is 10.5 Å². The molecule has 1 atom stereocenters. The molecule has 5 heteroatoms. The van der Waals surface area contributed by atoms with Crippen molar-refractivity contribution in [3.63, 3.8) is 0 Å². The van der Waals surface area contributed by atoms with Crippen LogP contribution in [-0.2, 0) is 16.0 Å². The minimum Gasteiger partial charge on any atom is -0.383 e. The van der Waals surface area contributed by atoms with Gasteiger partial charge in [-0.1, -0.05) is 0 Å². The number of methoxy groups -OCH3 is 1. The van der Waals surface area contributed by atoms with E-state index in [1.165, 1.54) is 7.11 Å². The van der Waals surface area contributed by atoms with Crippen molar-refractivity contribution < 1.29 is 9.53 Å². The van der Waals surface area contributed by atoms with Gasteiger partial charge in [0.2, 0.25) is 0 Å².